The summed E-state index contributed by atoms with van der Waals surface area (Å²) in [6.07, 6.45) is 4.52. The third kappa shape index (κ3) is 2.55. The fourth-order valence-electron chi connectivity index (χ4n) is 2.24. The van der Waals surface area contributed by atoms with Gasteiger partial charge in [-0.1, -0.05) is 0 Å². The molecule has 106 valence electrons. The van der Waals surface area contributed by atoms with Crippen molar-refractivity contribution in [3.63, 3.8) is 0 Å². The molecule has 0 aliphatic heterocycles. The molecule has 1 amide bonds. The van der Waals surface area contributed by atoms with E-state index < -0.39 is 0 Å². The summed E-state index contributed by atoms with van der Waals surface area (Å²) in [5.74, 6) is 0. The number of rotatable bonds is 4. The molecule has 1 aromatic carbocycles. The molecule has 0 fully saturated rings. The van der Waals surface area contributed by atoms with Crippen LogP contribution in [0.2, 0.25) is 0 Å². The molecule has 1 N–H and O–H groups in total. The highest BCUT2D eigenvalue weighted by Gasteiger charge is 2.09. The van der Waals surface area contributed by atoms with Crippen molar-refractivity contribution in [2.24, 2.45) is 7.05 Å². The minimum atomic E-state index is 0.659. The van der Waals surface area contributed by atoms with Gasteiger partial charge in [0.1, 0.15) is 0 Å². The van der Waals surface area contributed by atoms with E-state index in [1.54, 1.807) is 9.36 Å². The highest BCUT2D eigenvalue weighted by Crippen LogP contribution is 2.21. The van der Waals surface area contributed by atoms with Crippen LogP contribution in [0.5, 0.6) is 0 Å². The Kier molecular flexibility index (Phi) is 3.27. The van der Waals surface area contributed by atoms with Crippen LogP contribution in [0.4, 0.5) is 5.69 Å². The molecule has 2 aromatic heterocycles. The average molecular weight is 281 g/mol. The van der Waals surface area contributed by atoms with Gasteiger partial charge in [-0.05, 0) is 37.3 Å². The van der Waals surface area contributed by atoms with Crippen molar-refractivity contribution >= 4 is 12.1 Å². The zero-order valence-corrected chi connectivity index (χ0v) is 11.8. The normalized spacial score (nSPS) is 10.6. The molecule has 0 unspecified atom stereocenters. The van der Waals surface area contributed by atoms with Crippen LogP contribution in [0.25, 0.3) is 16.9 Å². The number of carbonyl (C=O) groups is 1. The van der Waals surface area contributed by atoms with E-state index in [2.05, 4.69) is 15.5 Å². The molecular formula is C15H15N5O. The first kappa shape index (κ1) is 13.1. The van der Waals surface area contributed by atoms with Gasteiger partial charge in [-0.3, -0.25) is 9.48 Å². The summed E-state index contributed by atoms with van der Waals surface area (Å²) in [7, 11) is 1.90. The van der Waals surface area contributed by atoms with Gasteiger partial charge >= 0.3 is 0 Å². The molecule has 6 heteroatoms. The maximum Gasteiger partial charge on any atom is 0.211 e. The number of hydrogen-bond donors (Lipinski definition) is 1. The second kappa shape index (κ2) is 5.24. The number of benzene rings is 1. The number of hydrogen-bond acceptors (Lipinski definition) is 3. The number of aryl methyl sites for hydroxylation is 2. The van der Waals surface area contributed by atoms with E-state index in [4.69, 9.17) is 0 Å². The van der Waals surface area contributed by atoms with Crippen molar-refractivity contribution in [2.75, 3.05) is 5.32 Å². The summed E-state index contributed by atoms with van der Waals surface area (Å²) in [6, 6.07) is 9.43. The molecule has 21 heavy (non-hydrogen) atoms. The van der Waals surface area contributed by atoms with Gasteiger partial charge < -0.3 is 5.32 Å². The number of carbonyl (C=O) groups excluding carboxylic acids is 1. The Labute approximate surface area is 122 Å². The van der Waals surface area contributed by atoms with E-state index in [-0.39, 0.29) is 0 Å². The first-order valence-electron chi connectivity index (χ1n) is 6.54. The van der Waals surface area contributed by atoms with Crippen LogP contribution >= 0.6 is 0 Å². The van der Waals surface area contributed by atoms with E-state index >= 15 is 0 Å². The molecule has 0 spiro atoms. The second-order valence-corrected chi connectivity index (χ2v) is 4.76. The van der Waals surface area contributed by atoms with E-state index in [1.165, 1.54) is 0 Å². The van der Waals surface area contributed by atoms with Crippen molar-refractivity contribution in [1.82, 2.24) is 19.6 Å². The van der Waals surface area contributed by atoms with Crippen molar-refractivity contribution in [1.29, 1.82) is 0 Å². The predicted molar refractivity (Wildman–Crippen MR) is 80.2 cm³/mol. The van der Waals surface area contributed by atoms with E-state index in [0.717, 1.165) is 28.3 Å². The third-order valence-electron chi connectivity index (χ3n) is 3.24. The van der Waals surface area contributed by atoms with Crippen LogP contribution in [-0.4, -0.2) is 26.0 Å². The molecule has 3 rings (SSSR count). The smallest absolute Gasteiger partial charge is 0.211 e. The van der Waals surface area contributed by atoms with Crippen molar-refractivity contribution in [3.05, 3.63) is 48.4 Å². The summed E-state index contributed by atoms with van der Waals surface area (Å²) >= 11 is 0. The second-order valence-electron chi connectivity index (χ2n) is 4.76. The molecule has 6 nitrogen and oxygen atoms in total. The Balaban J connectivity index is 1.91. The SMILES string of the molecule is Cc1nn(C)cc1-c1ccn(-c2ccc(NC=O)cc2)n1. The summed E-state index contributed by atoms with van der Waals surface area (Å²) in [5.41, 5.74) is 4.54. The Morgan fingerprint density at radius 2 is 1.90 bits per heavy atom. The monoisotopic (exact) mass is 281 g/mol. The lowest BCUT2D eigenvalue weighted by atomic mass is 10.2. The van der Waals surface area contributed by atoms with Crippen molar-refractivity contribution in [3.8, 4) is 16.9 Å². The molecule has 0 bridgehead atoms. The standard InChI is InChI=1S/C15H15N5O/c1-11-14(9-19(2)17-11)15-7-8-20(18-15)13-5-3-12(4-6-13)16-10-21/h3-10H,1-2H3,(H,16,21). The van der Waals surface area contributed by atoms with Gasteiger partial charge in [0.2, 0.25) is 6.41 Å². The number of amides is 1. The maximum absolute atomic E-state index is 10.4. The Bertz CT molecular complexity index is 770. The van der Waals surface area contributed by atoms with Crippen LogP contribution in [0.15, 0.2) is 42.7 Å². The van der Waals surface area contributed by atoms with Gasteiger partial charge in [-0.25, -0.2) is 4.68 Å². The van der Waals surface area contributed by atoms with Crippen molar-refractivity contribution in [2.45, 2.75) is 6.92 Å². The Morgan fingerprint density at radius 3 is 2.52 bits per heavy atom. The Morgan fingerprint density at radius 1 is 1.14 bits per heavy atom. The number of anilines is 1. The number of nitrogens with zero attached hydrogens (tertiary/aromatic N) is 4. The van der Waals surface area contributed by atoms with Gasteiger partial charge in [0.05, 0.1) is 17.1 Å². The number of aromatic nitrogens is 4. The topological polar surface area (TPSA) is 64.7 Å². The lowest BCUT2D eigenvalue weighted by Crippen LogP contribution is -1.97. The fourth-order valence-corrected chi connectivity index (χ4v) is 2.24. The van der Waals surface area contributed by atoms with Crippen LogP contribution < -0.4 is 5.32 Å². The highest BCUT2D eigenvalue weighted by molar-refractivity contribution is 5.71. The third-order valence-corrected chi connectivity index (χ3v) is 3.24. The zero-order chi connectivity index (χ0) is 14.8. The minimum Gasteiger partial charge on any atom is -0.329 e. The summed E-state index contributed by atoms with van der Waals surface area (Å²) in [5, 5.41) is 11.5. The fraction of sp³-hybridized carbons (Fsp3) is 0.133. The highest BCUT2D eigenvalue weighted by atomic mass is 16.1. The van der Waals surface area contributed by atoms with Crippen LogP contribution in [0.1, 0.15) is 5.69 Å². The molecule has 0 atom stereocenters. The van der Waals surface area contributed by atoms with Gasteiger partial charge in [0.25, 0.3) is 0 Å². The first-order chi connectivity index (χ1) is 10.2. The van der Waals surface area contributed by atoms with Gasteiger partial charge in [0.15, 0.2) is 0 Å². The molecule has 0 saturated heterocycles. The van der Waals surface area contributed by atoms with E-state index in [1.807, 2.05) is 56.7 Å². The van der Waals surface area contributed by atoms with E-state index in [9.17, 15) is 4.79 Å². The summed E-state index contributed by atoms with van der Waals surface area (Å²) in [6.45, 7) is 1.97. The largest absolute Gasteiger partial charge is 0.329 e. The van der Waals surface area contributed by atoms with Crippen LogP contribution in [0.3, 0.4) is 0 Å². The van der Waals surface area contributed by atoms with Gasteiger partial charge in [-0.15, -0.1) is 0 Å². The maximum atomic E-state index is 10.4. The lowest BCUT2D eigenvalue weighted by Gasteiger charge is -2.03. The molecular weight excluding hydrogens is 266 g/mol. The molecule has 0 saturated carbocycles. The van der Waals surface area contributed by atoms with Crippen LogP contribution in [-0.2, 0) is 11.8 Å². The summed E-state index contributed by atoms with van der Waals surface area (Å²) < 4.78 is 3.58. The lowest BCUT2D eigenvalue weighted by molar-refractivity contribution is -0.105. The average Bonchev–Trinajstić information content (AvgIpc) is 3.06. The zero-order valence-electron chi connectivity index (χ0n) is 11.8. The first-order valence-corrected chi connectivity index (χ1v) is 6.54. The molecule has 2 heterocycles. The predicted octanol–water partition coefficient (Wildman–Crippen LogP) is 2.15. The van der Waals surface area contributed by atoms with E-state index in [0.29, 0.717) is 6.41 Å². The molecule has 0 radical (unpaired) electrons. The number of nitrogens with one attached hydrogen (secondary N) is 1. The molecule has 0 aliphatic carbocycles. The minimum absolute atomic E-state index is 0.659. The quantitative estimate of drug-likeness (QED) is 0.745. The van der Waals surface area contributed by atoms with Gasteiger partial charge in [-0.2, -0.15) is 10.2 Å². The van der Waals surface area contributed by atoms with Crippen LogP contribution in [0, 0.1) is 6.92 Å². The molecule has 0 aliphatic rings. The Hall–Kier alpha value is -2.89. The molecule has 3 aromatic rings. The van der Waals surface area contributed by atoms with Crippen molar-refractivity contribution < 1.29 is 4.79 Å². The van der Waals surface area contributed by atoms with Gasteiger partial charge in [0, 0.05) is 30.7 Å². The summed E-state index contributed by atoms with van der Waals surface area (Å²) in [4.78, 5) is 10.4.